The maximum Gasteiger partial charge on any atom is 0.135 e. The van der Waals surface area contributed by atoms with Gasteiger partial charge in [-0.2, -0.15) is 0 Å². The fourth-order valence-corrected chi connectivity index (χ4v) is 9.39. The van der Waals surface area contributed by atoms with Crippen LogP contribution < -0.4 is 9.80 Å². The first kappa shape index (κ1) is 37.2. The molecule has 10 aromatic carbocycles. The zero-order valence-corrected chi connectivity index (χ0v) is 34.9. The third-order valence-corrected chi connectivity index (χ3v) is 12.3. The van der Waals surface area contributed by atoms with Crippen LogP contribution in [0.5, 0.6) is 0 Å². The van der Waals surface area contributed by atoms with Crippen molar-refractivity contribution >= 4 is 77.9 Å². The van der Waals surface area contributed by atoms with Crippen LogP contribution in [-0.4, -0.2) is 4.57 Å². The largest absolute Gasteiger partial charge is 0.456 e. The molecule has 0 N–H and O–H groups in total. The topological polar surface area (TPSA) is 24.6 Å². The van der Waals surface area contributed by atoms with Crippen LogP contribution >= 0.6 is 0 Å². The first-order chi connectivity index (χ1) is 31.7. The molecular weight excluding hydrogens is 779 g/mol. The summed E-state index contributed by atoms with van der Waals surface area (Å²) in [5.74, 6) is 0. The van der Waals surface area contributed by atoms with Crippen LogP contribution in [0.1, 0.15) is 0 Å². The van der Waals surface area contributed by atoms with Gasteiger partial charge in [-0.1, -0.05) is 158 Å². The normalized spacial score (nSPS) is 11.4. The third-order valence-electron chi connectivity index (χ3n) is 12.3. The Morgan fingerprint density at radius 3 is 1.39 bits per heavy atom. The minimum absolute atomic E-state index is 0.871. The molecule has 0 bridgehead atoms. The van der Waals surface area contributed by atoms with Crippen LogP contribution in [-0.2, 0) is 0 Å². The number of furan rings is 1. The maximum absolute atomic E-state index is 6.35. The Morgan fingerprint density at radius 2 is 0.766 bits per heavy atom. The molecule has 4 heteroatoms. The second kappa shape index (κ2) is 15.7. The van der Waals surface area contributed by atoms with E-state index in [4.69, 9.17) is 4.42 Å². The predicted octanol–water partition coefficient (Wildman–Crippen LogP) is 17.0. The first-order valence-corrected chi connectivity index (χ1v) is 21.8. The van der Waals surface area contributed by atoms with Gasteiger partial charge >= 0.3 is 0 Å². The highest BCUT2D eigenvalue weighted by molar-refractivity contribution is 6.18. The fraction of sp³-hybridized carbons (Fsp3) is 0. The fourth-order valence-electron chi connectivity index (χ4n) is 9.39. The van der Waals surface area contributed by atoms with Gasteiger partial charge in [0, 0.05) is 50.0 Å². The van der Waals surface area contributed by atoms with E-state index in [1.165, 1.54) is 22.3 Å². The van der Waals surface area contributed by atoms with Crippen molar-refractivity contribution in [1.29, 1.82) is 0 Å². The van der Waals surface area contributed by atoms with Crippen molar-refractivity contribution in [3.63, 3.8) is 0 Å². The minimum atomic E-state index is 0.871. The summed E-state index contributed by atoms with van der Waals surface area (Å²) in [6.07, 6.45) is 0. The second-order valence-corrected chi connectivity index (χ2v) is 16.2. The maximum atomic E-state index is 6.35. The van der Waals surface area contributed by atoms with Crippen LogP contribution in [0.25, 0.3) is 71.7 Å². The van der Waals surface area contributed by atoms with Crippen molar-refractivity contribution < 1.29 is 4.42 Å². The highest BCUT2D eigenvalue weighted by Crippen LogP contribution is 2.48. The summed E-state index contributed by atoms with van der Waals surface area (Å²) in [5.41, 5.74) is 16.1. The Morgan fingerprint density at radius 1 is 0.297 bits per heavy atom. The first-order valence-electron chi connectivity index (χ1n) is 21.8. The van der Waals surface area contributed by atoms with E-state index in [1.807, 2.05) is 12.1 Å². The lowest BCUT2D eigenvalue weighted by Gasteiger charge is -2.30. The molecule has 0 saturated carbocycles. The standard InChI is InChI=1S/C60H41N3O/c1-5-17-42(18-6-1)44-29-33-48(34-30-44)61(46-21-9-3-10-22-46)51-40-56(62(47-23-11-4-12-24-47)49-35-31-45(32-36-49)43-19-7-2-8-20-43)60-53-26-13-15-27-55(53)63(57(60)41-51)50-37-38-59-54(39-50)52-25-14-16-28-58(52)64-59/h1-41H. The number of hydrogen-bond donors (Lipinski definition) is 0. The lowest BCUT2D eigenvalue weighted by atomic mass is 10.0. The molecule has 0 atom stereocenters. The molecule has 0 aliphatic heterocycles. The molecule has 302 valence electrons. The van der Waals surface area contributed by atoms with Gasteiger partial charge in [0.05, 0.1) is 22.4 Å². The molecule has 4 nitrogen and oxygen atoms in total. The van der Waals surface area contributed by atoms with E-state index in [9.17, 15) is 0 Å². The van der Waals surface area contributed by atoms with Crippen molar-refractivity contribution in [2.75, 3.05) is 9.80 Å². The molecule has 64 heavy (non-hydrogen) atoms. The summed E-state index contributed by atoms with van der Waals surface area (Å²) in [5, 5.41) is 4.51. The Labute approximate surface area is 371 Å². The van der Waals surface area contributed by atoms with E-state index in [1.54, 1.807) is 0 Å². The van der Waals surface area contributed by atoms with Crippen molar-refractivity contribution in [2.24, 2.45) is 0 Å². The average Bonchev–Trinajstić information content (AvgIpc) is 3.91. The molecule has 2 aromatic heterocycles. The molecule has 0 amide bonds. The zero-order valence-electron chi connectivity index (χ0n) is 34.9. The van der Waals surface area contributed by atoms with Gasteiger partial charge in [-0.25, -0.2) is 0 Å². The van der Waals surface area contributed by atoms with Crippen LogP contribution in [0.15, 0.2) is 253 Å². The van der Waals surface area contributed by atoms with Gasteiger partial charge in [0.2, 0.25) is 0 Å². The summed E-state index contributed by atoms with van der Waals surface area (Å²) in [4.78, 5) is 4.81. The molecule has 2 heterocycles. The molecule has 12 rings (SSSR count). The molecule has 0 fully saturated rings. The lowest BCUT2D eigenvalue weighted by Crippen LogP contribution is -2.14. The molecule has 0 radical (unpaired) electrons. The van der Waals surface area contributed by atoms with Gasteiger partial charge in [-0.05, 0) is 113 Å². The van der Waals surface area contributed by atoms with E-state index in [0.29, 0.717) is 0 Å². The lowest BCUT2D eigenvalue weighted by molar-refractivity contribution is 0.669. The Bertz CT molecular complexity index is 3580. The summed E-state index contributed by atoms with van der Waals surface area (Å²) in [6.45, 7) is 0. The highest BCUT2D eigenvalue weighted by Gasteiger charge is 2.25. The number of hydrogen-bond acceptors (Lipinski definition) is 3. The summed E-state index contributed by atoms with van der Waals surface area (Å²) >= 11 is 0. The van der Waals surface area contributed by atoms with E-state index in [2.05, 4.69) is 251 Å². The van der Waals surface area contributed by atoms with Crippen molar-refractivity contribution in [1.82, 2.24) is 4.57 Å². The van der Waals surface area contributed by atoms with Gasteiger partial charge in [-0.15, -0.1) is 0 Å². The smallest absolute Gasteiger partial charge is 0.135 e. The Balaban J connectivity index is 1.16. The molecule has 0 unspecified atom stereocenters. The van der Waals surface area contributed by atoms with Gasteiger partial charge in [0.1, 0.15) is 11.2 Å². The van der Waals surface area contributed by atoms with Gasteiger partial charge < -0.3 is 18.8 Å². The summed E-state index contributed by atoms with van der Waals surface area (Å²) < 4.78 is 8.78. The molecule has 0 aliphatic carbocycles. The minimum Gasteiger partial charge on any atom is -0.456 e. The molecule has 0 spiro atoms. The summed E-state index contributed by atoms with van der Waals surface area (Å²) in [6, 6.07) is 89.0. The van der Waals surface area contributed by atoms with Crippen molar-refractivity contribution in [3.05, 3.63) is 249 Å². The highest BCUT2D eigenvalue weighted by atomic mass is 16.3. The second-order valence-electron chi connectivity index (χ2n) is 16.2. The monoisotopic (exact) mass is 819 g/mol. The number of fused-ring (bicyclic) bond motifs is 6. The van der Waals surface area contributed by atoms with Gasteiger partial charge in [0.15, 0.2) is 0 Å². The predicted molar refractivity (Wildman–Crippen MR) is 268 cm³/mol. The number of anilines is 6. The van der Waals surface area contributed by atoms with Crippen molar-refractivity contribution in [3.8, 4) is 27.9 Å². The van der Waals surface area contributed by atoms with E-state index in [0.717, 1.165) is 83.6 Å². The van der Waals surface area contributed by atoms with Gasteiger partial charge in [0.25, 0.3) is 0 Å². The number of benzene rings is 10. The quantitative estimate of drug-likeness (QED) is 0.145. The van der Waals surface area contributed by atoms with Crippen LogP contribution in [0.2, 0.25) is 0 Å². The van der Waals surface area contributed by atoms with Crippen molar-refractivity contribution in [2.45, 2.75) is 0 Å². The van der Waals surface area contributed by atoms with E-state index >= 15 is 0 Å². The molecule has 0 saturated heterocycles. The third kappa shape index (κ3) is 6.48. The number of para-hydroxylation sites is 4. The average molecular weight is 820 g/mol. The molecule has 0 aliphatic rings. The SMILES string of the molecule is c1ccc(-c2ccc(N(c3ccccc3)c3cc(N(c4ccccc4)c4ccc(-c5ccccc5)cc4)c4c5ccccc5n(-c5ccc6oc7ccccc7c6c5)c4c3)cc2)cc1. The Kier molecular flexibility index (Phi) is 9.12. The van der Waals surface area contributed by atoms with Crippen LogP contribution in [0, 0.1) is 0 Å². The van der Waals surface area contributed by atoms with Gasteiger partial charge in [-0.3, -0.25) is 0 Å². The Hall–Kier alpha value is -8.60. The molecule has 12 aromatic rings. The van der Waals surface area contributed by atoms with Crippen LogP contribution in [0.4, 0.5) is 34.1 Å². The number of nitrogens with zero attached hydrogens (tertiary/aromatic N) is 3. The number of aromatic nitrogens is 1. The summed E-state index contributed by atoms with van der Waals surface area (Å²) in [7, 11) is 0. The van der Waals surface area contributed by atoms with E-state index < -0.39 is 0 Å². The molecular formula is C60H41N3O. The van der Waals surface area contributed by atoms with Crippen LogP contribution in [0.3, 0.4) is 0 Å². The van der Waals surface area contributed by atoms with E-state index in [-0.39, 0.29) is 0 Å². The number of rotatable bonds is 9. The zero-order chi connectivity index (χ0) is 42.4.